The first-order chi connectivity index (χ1) is 34.7. The maximum atomic E-state index is 5.75. The number of amidine groups is 1. The lowest BCUT2D eigenvalue weighted by Crippen LogP contribution is -2.35. The van der Waals surface area contributed by atoms with Crippen molar-refractivity contribution in [3.63, 3.8) is 0 Å². The normalized spacial score (nSPS) is 16.3. The Kier molecular flexibility index (Phi) is 8.91. The van der Waals surface area contributed by atoms with Crippen molar-refractivity contribution < 1.29 is 0 Å². The van der Waals surface area contributed by atoms with E-state index in [4.69, 9.17) is 24.9 Å². The fourth-order valence-corrected chi connectivity index (χ4v) is 11.4. The molecule has 0 fully saturated rings. The van der Waals surface area contributed by atoms with E-state index < -0.39 is 5.41 Å². The zero-order chi connectivity index (χ0) is 46.3. The van der Waals surface area contributed by atoms with Gasteiger partial charge in [-0.1, -0.05) is 152 Å². The Bertz CT molecular complexity index is 4210. The third-order valence-corrected chi connectivity index (χ3v) is 14.4. The van der Waals surface area contributed by atoms with Crippen LogP contribution in [0.2, 0.25) is 0 Å². The Morgan fingerprint density at radius 3 is 2.33 bits per heavy atom. The van der Waals surface area contributed by atoms with Crippen molar-refractivity contribution >= 4 is 77.8 Å². The molecule has 328 valence electrons. The molecule has 0 saturated heterocycles. The van der Waals surface area contributed by atoms with Gasteiger partial charge in [-0.2, -0.15) is 4.99 Å². The van der Waals surface area contributed by atoms with Crippen LogP contribution in [0, 0.1) is 0 Å². The summed E-state index contributed by atoms with van der Waals surface area (Å²) in [4.78, 5) is 35.6. The van der Waals surface area contributed by atoms with E-state index in [0.717, 1.165) is 106 Å². The van der Waals surface area contributed by atoms with Crippen molar-refractivity contribution in [2.75, 3.05) is 7.05 Å². The molecule has 0 bridgehead atoms. The van der Waals surface area contributed by atoms with Crippen LogP contribution in [-0.4, -0.2) is 49.6 Å². The third-order valence-electron chi connectivity index (χ3n) is 14.4. The standard InChI is InChI=1S/C62H40N8/c1-63-60(40-18-7-3-8-19-40)69-61(66-35-38-15-5-2-6-16-38)70-53-29-27-42(34-48(53)55-43-20-12-11-17-39(43)26-30-54(55)70)41-25-28-52-47(33-41)46-31-32-65-58-56(46)59(68-52)62(51-36-64-37-67-57(51)58)49-23-10-4-9-21-44(49)45-22-13-14-24-50(45)62/h2-22,24-37H,23H2,1H3/b63-60-,66-35+,69-61+. The summed E-state index contributed by atoms with van der Waals surface area (Å²) in [5, 5.41) is 7.70. The molecule has 1 unspecified atom stereocenters. The lowest BCUT2D eigenvalue weighted by molar-refractivity contribution is 0.695. The van der Waals surface area contributed by atoms with Gasteiger partial charge in [0.25, 0.3) is 0 Å². The van der Waals surface area contributed by atoms with Gasteiger partial charge >= 0.3 is 0 Å². The number of pyridine rings is 2. The van der Waals surface area contributed by atoms with Crippen LogP contribution in [0.1, 0.15) is 39.9 Å². The van der Waals surface area contributed by atoms with Gasteiger partial charge in [0.05, 0.1) is 39.0 Å². The van der Waals surface area contributed by atoms with Crippen LogP contribution in [0.4, 0.5) is 0 Å². The highest BCUT2D eigenvalue weighted by Crippen LogP contribution is 2.61. The molecule has 0 amide bonds. The predicted octanol–water partition coefficient (Wildman–Crippen LogP) is 13.5. The largest absolute Gasteiger partial charge is 0.278 e. The Balaban J connectivity index is 1.000. The highest BCUT2D eigenvalue weighted by Gasteiger charge is 2.53. The van der Waals surface area contributed by atoms with E-state index in [9.17, 15) is 0 Å². The molecule has 0 N–H and O–H groups in total. The van der Waals surface area contributed by atoms with Crippen molar-refractivity contribution in [1.82, 2.24) is 24.5 Å². The second-order valence-corrected chi connectivity index (χ2v) is 18.0. The SMILES string of the molecule is C\N=C(/N=C(\N=C\c1ccccc1)n1c2ccc(-c3ccc4nc5c6c(nccc6c4c3)-c3ncncc3C53C4=C(C=CC=CC4)c4ccccc43)cc2c2c3ccccc3ccc21)c1ccccc1. The smallest absolute Gasteiger partial charge is 0.236 e. The van der Waals surface area contributed by atoms with Gasteiger partial charge in [0.2, 0.25) is 5.96 Å². The van der Waals surface area contributed by atoms with Crippen LogP contribution in [-0.2, 0) is 5.41 Å². The van der Waals surface area contributed by atoms with Crippen LogP contribution >= 0.6 is 0 Å². The first-order valence-electron chi connectivity index (χ1n) is 23.6. The van der Waals surface area contributed by atoms with Gasteiger partial charge in [-0.15, -0.1) is 0 Å². The lowest BCUT2D eigenvalue weighted by Gasteiger charge is -2.39. The molecule has 7 aromatic carbocycles. The van der Waals surface area contributed by atoms with Crippen molar-refractivity contribution in [1.29, 1.82) is 0 Å². The Labute approximate surface area is 402 Å². The minimum absolute atomic E-state index is 0.509. The molecule has 14 rings (SSSR count). The quantitative estimate of drug-likeness (QED) is 0.100. The van der Waals surface area contributed by atoms with Crippen LogP contribution < -0.4 is 0 Å². The fourth-order valence-electron chi connectivity index (χ4n) is 11.4. The zero-order valence-corrected chi connectivity index (χ0v) is 38.0. The predicted molar refractivity (Wildman–Crippen MR) is 286 cm³/mol. The van der Waals surface area contributed by atoms with E-state index in [1.54, 1.807) is 13.4 Å². The number of rotatable bonds is 3. The van der Waals surface area contributed by atoms with Crippen molar-refractivity contribution in [3.05, 3.63) is 246 Å². The first-order valence-corrected chi connectivity index (χ1v) is 23.6. The van der Waals surface area contributed by atoms with Gasteiger partial charge in [0.1, 0.15) is 6.33 Å². The molecule has 0 saturated carbocycles. The second-order valence-electron chi connectivity index (χ2n) is 18.0. The molecule has 3 aliphatic carbocycles. The molecule has 70 heavy (non-hydrogen) atoms. The topological polar surface area (TPSA) is 93.6 Å². The Morgan fingerprint density at radius 2 is 1.44 bits per heavy atom. The minimum atomic E-state index is -0.706. The lowest BCUT2D eigenvalue weighted by atomic mass is 9.64. The van der Waals surface area contributed by atoms with E-state index in [1.165, 1.54) is 22.3 Å². The van der Waals surface area contributed by atoms with E-state index >= 15 is 0 Å². The summed E-state index contributed by atoms with van der Waals surface area (Å²) in [6.45, 7) is 0. The number of aromatic nitrogens is 5. The summed E-state index contributed by atoms with van der Waals surface area (Å²) in [6, 6.07) is 57.6. The highest BCUT2D eigenvalue weighted by atomic mass is 15.2. The second kappa shape index (κ2) is 15.7. The number of hydrogen-bond donors (Lipinski definition) is 0. The monoisotopic (exact) mass is 896 g/mol. The van der Waals surface area contributed by atoms with Crippen LogP contribution in [0.3, 0.4) is 0 Å². The summed E-state index contributed by atoms with van der Waals surface area (Å²) in [7, 11) is 1.78. The highest BCUT2D eigenvalue weighted by molar-refractivity contribution is 6.25. The fraction of sp³-hybridized carbons (Fsp3) is 0.0484. The number of allylic oxidation sites excluding steroid dienone is 6. The van der Waals surface area contributed by atoms with E-state index in [0.29, 0.717) is 11.8 Å². The maximum Gasteiger partial charge on any atom is 0.236 e. The van der Waals surface area contributed by atoms with E-state index in [2.05, 4.69) is 142 Å². The van der Waals surface area contributed by atoms with Gasteiger partial charge in [-0.25, -0.2) is 15.0 Å². The average molecular weight is 897 g/mol. The molecule has 1 spiro atoms. The van der Waals surface area contributed by atoms with Crippen molar-refractivity contribution in [2.24, 2.45) is 15.0 Å². The van der Waals surface area contributed by atoms with Gasteiger partial charge in [0, 0.05) is 58.3 Å². The summed E-state index contributed by atoms with van der Waals surface area (Å²) < 4.78 is 2.18. The number of benzene rings is 7. The van der Waals surface area contributed by atoms with Crippen LogP contribution in [0.5, 0.6) is 0 Å². The van der Waals surface area contributed by atoms with Gasteiger partial charge in [0.15, 0.2) is 5.84 Å². The molecule has 4 aromatic heterocycles. The summed E-state index contributed by atoms with van der Waals surface area (Å²) in [6.07, 6.45) is 17.0. The van der Waals surface area contributed by atoms with Crippen LogP contribution in [0.25, 0.3) is 82.3 Å². The minimum Gasteiger partial charge on any atom is -0.278 e. The Morgan fingerprint density at radius 1 is 0.657 bits per heavy atom. The Hall–Kier alpha value is -9.27. The number of hydrogen-bond acceptors (Lipinski definition) is 5. The third kappa shape index (κ3) is 5.80. The first kappa shape index (κ1) is 39.9. The molecule has 11 aromatic rings. The molecule has 3 aliphatic rings. The number of aliphatic imine (C=N–C) groups is 3. The zero-order valence-electron chi connectivity index (χ0n) is 38.0. The van der Waals surface area contributed by atoms with Gasteiger partial charge in [-0.3, -0.25) is 19.5 Å². The molecular weight excluding hydrogens is 857 g/mol. The molecule has 0 aliphatic heterocycles. The molecule has 1 atom stereocenters. The molecule has 8 heteroatoms. The summed E-state index contributed by atoms with van der Waals surface area (Å²) in [5.74, 6) is 1.10. The van der Waals surface area contributed by atoms with Gasteiger partial charge < -0.3 is 0 Å². The number of nitrogens with zero attached hydrogens (tertiary/aromatic N) is 8. The summed E-state index contributed by atoms with van der Waals surface area (Å²) >= 11 is 0. The van der Waals surface area contributed by atoms with E-state index in [1.807, 2.05) is 79.3 Å². The number of fused-ring (bicyclic) bond motifs is 15. The molecule has 8 nitrogen and oxygen atoms in total. The van der Waals surface area contributed by atoms with Crippen molar-refractivity contribution in [2.45, 2.75) is 11.8 Å². The molecular formula is C62H40N8. The molecule has 0 radical (unpaired) electrons. The van der Waals surface area contributed by atoms with E-state index in [-0.39, 0.29) is 0 Å². The molecule has 4 heterocycles. The average Bonchev–Trinajstić information content (AvgIpc) is 3.76. The summed E-state index contributed by atoms with van der Waals surface area (Å²) in [5.41, 5.74) is 14.8. The van der Waals surface area contributed by atoms with Gasteiger partial charge in [-0.05, 0) is 97.9 Å². The van der Waals surface area contributed by atoms with Crippen molar-refractivity contribution in [3.8, 4) is 22.5 Å². The maximum absolute atomic E-state index is 5.75. The van der Waals surface area contributed by atoms with Crippen LogP contribution in [0.15, 0.2) is 227 Å².